The molecule has 0 unspecified atom stereocenters. The Labute approximate surface area is 83.9 Å². The van der Waals surface area contributed by atoms with Gasteiger partial charge in [0.2, 0.25) is 0 Å². The van der Waals surface area contributed by atoms with Gasteiger partial charge in [-0.05, 0) is 12.1 Å². The summed E-state index contributed by atoms with van der Waals surface area (Å²) in [5, 5.41) is 0. The number of nitrogens with two attached hydrogens (primary N) is 1. The Morgan fingerprint density at radius 1 is 1.46 bits per heavy atom. The van der Waals surface area contributed by atoms with Gasteiger partial charge in [0.05, 0.1) is 5.69 Å². The first-order valence-electron chi connectivity index (χ1n) is 4.32. The van der Waals surface area contributed by atoms with Crippen LogP contribution in [0.4, 0.5) is 5.69 Å². The molecule has 0 aliphatic heterocycles. The highest BCUT2D eigenvalue weighted by atomic mass is 32.2. The molecule has 0 saturated heterocycles. The summed E-state index contributed by atoms with van der Waals surface area (Å²) in [5.74, 6) is 0.925. The molecule has 0 aliphatic rings. The third-order valence-corrected chi connectivity index (χ3v) is 2.80. The molecule has 0 fully saturated rings. The summed E-state index contributed by atoms with van der Waals surface area (Å²) < 4.78 is 0.284. The molecule has 0 bridgehead atoms. The van der Waals surface area contributed by atoms with Crippen molar-refractivity contribution in [3.63, 3.8) is 0 Å². The Kier molecular flexibility index (Phi) is 3.20. The summed E-state index contributed by atoms with van der Waals surface area (Å²) in [6.07, 6.45) is 1.76. The summed E-state index contributed by atoms with van der Waals surface area (Å²) in [7, 11) is 0. The summed E-state index contributed by atoms with van der Waals surface area (Å²) in [6.45, 7) is 6.60. The molecule has 13 heavy (non-hydrogen) atoms. The quantitative estimate of drug-likeness (QED) is 0.790. The zero-order valence-electron chi connectivity index (χ0n) is 8.37. The normalized spacial score (nSPS) is 11.6. The molecule has 1 rings (SSSR count). The van der Waals surface area contributed by atoms with E-state index in [1.54, 1.807) is 6.20 Å². The molecular formula is C10H16N2S. The van der Waals surface area contributed by atoms with Crippen LogP contribution in [0.3, 0.4) is 0 Å². The number of rotatable bonds is 2. The maximum absolute atomic E-state index is 5.65. The molecule has 1 heterocycles. The second-order valence-corrected chi connectivity index (χ2v) is 5.78. The van der Waals surface area contributed by atoms with Gasteiger partial charge in [-0.3, -0.25) is 4.98 Å². The van der Waals surface area contributed by atoms with Crippen LogP contribution in [0, 0.1) is 0 Å². The van der Waals surface area contributed by atoms with Crippen molar-refractivity contribution in [1.82, 2.24) is 4.98 Å². The first-order valence-corrected chi connectivity index (χ1v) is 5.30. The van der Waals surface area contributed by atoms with Gasteiger partial charge < -0.3 is 5.73 Å². The highest BCUT2D eigenvalue weighted by molar-refractivity contribution is 7.99. The van der Waals surface area contributed by atoms with Crippen LogP contribution in [0.2, 0.25) is 0 Å². The fourth-order valence-electron chi connectivity index (χ4n) is 0.866. The number of nitrogens with zero attached hydrogens (tertiary/aromatic N) is 1. The van der Waals surface area contributed by atoms with E-state index >= 15 is 0 Å². The number of anilines is 1. The van der Waals surface area contributed by atoms with Crippen molar-refractivity contribution in [2.75, 3.05) is 5.73 Å². The Balaban J connectivity index is 2.55. The van der Waals surface area contributed by atoms with Crippen molar-refractivity contribution in [1.29, 1.82) is 0 Å². The number of pyridine rings is 1. The van der Waals surface area contributed by atoms with Gasteiger partial charge in [0.25, 0.3) is 0 Å². The molecule has 2 N–H and O–H groups in total. The Morgan fingerprint density at radius 3 is 2.69 bits per heavy atom. The molecule has 2 nitrogen and oxygen atoms in total. The van der Waals surface area contributed by atoms with E-state index in [1.807, 2.05) is 23.9 Å². The van der Waals surface area contributed by atoms with E-state index < -0.39 is 0 Å². The first-order chi connectivity index (χ1) is 5.97. The predicted molar refractivity (Wildman–Crippen MR) is 59.7 cm³/mol. The van der Waals surface area contributed by atoms with Crippen molar-refractivity contribution in [3.05, 3.63) is 24.0 Å². The van der Waals surface area contributed by atoms with E-state index in [4.69, 9.17) is 5.73 Å². The van der Waals surface area contributed by atoms with E-state index in [0.29, 0.717) is 0 Å². The van der Waals surface area contributed by atoms with Crippen LogP contribution in [0.1, 0.15) is 26.5 Å². The highest BCUT2D eigenvalue weighted by Gasteiger charge is 2.10. The van der Waals surface area contributed by atoms with Crippen LogP contribution >= 0.6 is 11.8 Å². The van der Waals surface area contributed by atoms with E-state index in [-0.39, 0.29) is 4.75 Å². The number of hydrogen-bond acceptors (Lipinski definition) is 3. The van der Waals surface area contributed by atoms with Crippen LogP contribution in [0.5, 0.6) is 0 Å². The van der Waals surface area contributed by atoms with Gasteiger partial charge >= 0.3 is 0 Å². The van der Waals surface area contributed by atoms with Crippen LogP contribution in [-0.4, -0.2) is 9.73 Å². The van der Waals surface area contributed by atoms with Gasteiger partial charge in [0.15, 0.2) is 0 Å². The average Bonchev–Trinajstić information content (AvgIpc) is 2.00. The van der Waals surface area contributed by atoms with Crippen molar-refractivity contribution in [2.45, 2.75) is 31.3 Å². The Morgan fingerprint density at radius 2 is 2.15 bits per heavy atom. The lowest BCUT2D eigenvalue weighted by Gasteiger charge is -2.16. The molecule has 0 saturated carbocycles. The van der Waals surface area contributed by atoms with Gasteiger partial charge in [-0.25, -0.2) is 0 Å². The molecule has 0 radical (unpaired) electrons. The standard InChI is InChI=1S/C10H16N2S/c1-10(2,3)13-7-9-6-8(11)4-5-12-9/h4-6H,7H2,1-3H3,(H2,11,12). The second kappa shape index (κ2) is 4.01. The van der Waals surface area contributed by atoms with Gasteiger partial charge in [-0.1, -0.05) is 20.8 Å². The van der Waals surface area contributed by atoms with Gasteiger partial charge in [0.1, 0.15) is 0 Å². The van der Waals surface area contributed by atoms with Crippen LogP contribution < -0.4 is 5.73 Å². The van der Waals surface area contributed by atoms with E-state index in [9.17, 15) is 0 Å². The monoisotopic (exact) mass is 196 g/mol. The summed E-state index contributed by atoms with van der Waals surface area (Å²) in [4.78, 5) is 4.24. The molecule has 0 aliphatic carbocycles. The van der Waals surface area contributed by atoms with Crippen molar-refractivity contribution in [2.24, 2.45) is 0 Å². The smallest absolute Gasteiger partial charge is 0.0523 e. The van der Waals surface area contributed by atoms with E-state index in [1.165, 1.54) is 0 Å². The average molecular weight is 196 g/mol. The van der Waals surface area contributed by atoms with Crippen LogP contribution in [-0.2, 0) is 5.75 Å². The SMILES string of the molecule is CC(C)(C)SCc1cc(N)ccn1. The van der Waals surface area contributed by atoms with Crippen LogP contribution in [0.15, 0.2) is 18.3 Å². The zero-order valence-corrected chi connectivity index (χ0v) is 9.19. The molecular weight excluding hydrogens is 180 g/mol. The molecule has 0 amide bonds. The molecule has 3 heteroatoms. The minimum absolute atomic E-state index is 0.284. The lowest BCUT2D eigenvalue weighted by molar-refractivity contribution is 0.801. The van der Waals surface area contributed by atoms with Crippen LogP contribution in [0.25, 0.3) is 0 Å². The van der Waals surface area contributed by atoms with E-state index in [2.05, 4.69) is 25.8 Å². The molecule has 0 spiro atoms. The number of thioether (sulfide) groups is 1. The maximum atomic E-state index is 5.65. The van der Waals surface area contributed by atoms with Crippen molar-refractivity contribution in [3.8, 4) is 0 Å². The number of aromatic nitrogens is 1. The zero-order chi connectivity index (χ0) is 9.90. The lowest BCUT2D eigenvalue weighted by atomic mass is 10.3. The predicted octanol–water partition coefficient (Wildman–Crippen LogP) is 2.70. The Bertz CT molecular complexity index is 278. The summed E-state index contributed by atoms with van der Waals surface area (Å²) in [5.41, 5.74) is 7.50. The highest BCUT2D eigenvalue weighted by Crippen LogP contribution is 2.26. The van der Waals surface area contributed by atoms with Crippen molar-refractivity contribution >= 4 is 17.4 Å². The molecule has 0 atom stereocenters. The molecule has 0 aromatic carbocycles. The third kappa shape index (κ3) is 4.18. The van der Waals surface area contributed by atoms with Gasteiger partial charge in [-0.2, -0.15) is 0 Å². The van der Waals surface area contributed by atoms with Gasteiger partial charge in [0, 0.05) is 22.4 Å². The minimum atomic E-state index is 0.284. The Hall–Kier alpha value is -0.700. The van der Waals surface area contributed by atoms with Gasteiger partial charge in [-0.15, -0.1) is 11.8 Å². The summed E-state index contributed by atoms with van der Waals surface area (Å²) in [6, 6.07) is 3.74. The number of nitrogen functional groups attached to an aromatic ring is 1. The largest absolute Gasteiger partial charge is 0.399 e. The fraction of sp³-hybridized carbons (Fsp3) is 0.500. The number of hydrogen-bond donors (Lipinski definition) is 1. The van der Waals surface area contributed by atoms with Crippen molar-refractivity contribution < 1.29 is 0 Å². The first kappa shape index (κ1) is 10.4. The molecule has 1 aromatic rings. The third-order valence-electron chi connectivity index (χ3n) is 1.49. The second-order valence-electron chi connectivity index (χ2n) is 3.98. The summed E-state index contributed by atoms with van der Waals surface area (Å²) >= 11 is 1.88. The maximum Gasteiger partial charge on any atom is 0.0523 e. The lowest BCUT2D eigenvalue weighted by Crippen LogP contribution is -2.07. The fourth-order valence-corrected chi connectivity index (χ4v) is 1.60. The molecule has 1 aromatic heterocycles. The topological polar surface area (TPSA) is 38.9 Å². The minimum Gasteiger partial charge on any atom is -0.399 e. The van der Waals surface area contributed by atoms with E-state index in [0.717, 1.165) is 17.1 Å². The molecule has 72 valence electrons.